The maximum absolute atomic E-state index is 11.0. The maximum atomic E-state index is 11.0. The van der Waals surface area contributed by atoms with Gasteiger partial charge in [0.25, 0.3) is 0 Å². The molecule has 0 saturated carbocycles. The first-order valence-corrected chi connectivity index (χ1v) is 3.97. The maximum Gasteiger partial charge on any atom is 0.235 e. The van der Waals surface area contributed by atoms with Crippen molar-refractivity contribution < 1.29 is 4.79 Å². The molecule has 0 unspecified atom stereocenters. The first-order valence-electron chi connectivity index (χ1n) is 3.97. The average molecular weight is 180 g/mol. The summed E-state index contributed by atoms with van der Waals surface area (Å²) in [6, 6.07) is 3.77. The Labute approximate surface area is 77.6 Å². The summed E-state index contributed by atoms with van der Waals surface area (Å²) < 4.78 is 0. The summed E-state index contributed by atoms with van der Waals surface area (Å²) in [5.41, 5.74) is 0. The van der Waals surface area contributed by atoms with E-state index in [0.29, 0.717) is 6.54 Å². The van der Waals surface area contributed by atoms with E-state index in [0.717, 1.165) is 0 Å². The van der Waals surface area contributed by atoms with Crippen LogP contribution >= 0.6 is 0 Å². The molecule has 0 aliphatic heterocycles. The monoisotopic (exact) mass is 180 g/mol. The first kappa shape index (κ1) is 11.4. The van der Waals surface area contributed by atoms with Gasteiger partial charge >= 0.3 is 0 Å². The Morgan fingerprint density at radius 3 is 2.62 bits per heavy atom. The number of hydrogen-bond donors (Lipinski definition) is 1. The Morgan fingerprint density at radius 2 is 2.15 bits per heavy atom. The molecule has 0 aliphatic carbocycles. The predicted octanol–water partition coefficient (Wildman–Crippen LogP) is -0.528. The largest absolute Gasteiger partial charge is 0.342 e. The predicted molar refractivity (Wildman–Crippen MR) is 46.3 cm³/mol. The second kappa shape index (κ2) is 7.08. The van der Waals surface area contributed by atoms with Gasteiger partial charge in [-0.15, -0.1) is 0 Å². The zero-order valence-corrected chi connectivity index (χ0v) is 7.58. The number of nitrogens with one attached hydrogen (secondary N) is 1. The quantitative estimate of drug-likeness (QED) is 0.577. The molecule has 0 atom stereocenters. The standard InChI is InChI=1S/C8H12N4O/c1-2-12(6-4-10)7-8(13)11-5-3-9/h2,5-7H2,1H3,(H,11,13). The van der Waals surface area contributed by atoms with Crippen LogP contribution in [-0.4, -0.2) is 37.0 Å². The van der Waals surface area contributed by atoms with Crippen molar-refractivity contribution in [3.8, 4) is 12.1 Å². The molecule has 0 aromatic carbocycles. The lowest BCUT2D eigenvalue weighted by Gasteiger charge is -2.14. The molecule has 0 radical (unpaired) electrons. The third-order valence-corrected chi connectivity index (χ3v) is 1.47. The van der Waals surface area contributed by atoms with E-state index in [4.69, 9.17) is 10.5 Å². The molecule has 13 heavy (non-hydrogen) atoms. The van der Waals surface area contributed by atoms with Crippen LogP contribution in [0.25, 0.3) is 0 Å². The van der Waals surface area contributed by atoms with Crippen molar-refractivity contribution in [3.63, 3.8) is 0 Å². The Balaban J connectivity index is 3.75. The van der Waals surface area contributed by atoms with Gasteiger partial charge in [-0.05, 0) is 6.54 Å². The number of amides is 1. The fourth-order valence-electron chi connectivity index (χ4n) is 0.777. The van der Waals surface area contributed by atoms with Gasteiger partial charge in [-0.2, -0.15) is 10.5 Å². The van der Waals surface area contributed by atoms with E-state index in [9.17, 15) is 4.79 Å². The lowest BCUT2D eigenvalue weighted by molar-refractivity contribution is -0.121. The molecule has 0 heterocycles. The molecule has 1 N–H and O–H groups in total. The number of likely N-dealkylation sites (N-methyl/N-ethyl adjacent to an activating group) is 1. The van der Waals surface area contributed by atoms with E-state index in [2.05, 4.69) is 5.32 Å². The van der Waals surface area contributed by atoms with Crippen molar-refractivity contribution in [3.05, 3.63) is 0 Å². The third-order valence-electron chi connectivity index (χ3n) is 1.47. The smallest absolute Gasteiger partial charge is 0.235 e. The van der Waals surface area contributed by atoms with Crippen LogP contribution < -0.4 is 5.32 Å². The molecule has 0 bridgehead atoms. The normalized spacial score (nSPS) is 8.92. The molecule has 5 heteroatoms. The summed E-state index contributed by atoms with van der Waals surface area (Å²) in [7, 11) is 0. The van der Waals surface area contributed by atoms with Gasteiger partial charge in [0.15, 0.2) is 0 Å². The topological polar surface area (TPSA) is 79.9 Å². The highest BCUT2D eigenvalue weighted by molar-refractivity contribution is 5.78. The van der Waals surface area contributed by atoms with Crippen LogP contribution in [0.4, 0.5) is 0 Å². The zero-order valence-electron chi connectivity index (χ0n) is 7.58. The Morgan fingerprint density at radius 1 is 1.46 bits per heavy atom. The van der Waals surface area contributed by atoms with Crippen LogP contribution in [-0.2, 0) is 4.79 Å². The molecule has 0 aliphatic rings. The highest BCUT2D eigenvalue weighted by Gasteiger charge is 2.06. The van der Waals surface area contributed by atoms with E-state index >= 15 is 0 Å². The lowest BCUT2D eigenvalue weighted by Crippen LogP contribution is -2.37. The molecule has 0 rings (SSSR count). The van der Waals surface area contributed by atoms with Gasteiger partial charge in [0.1, 0.15) is 6.54 Å². The SMILES string of the molecule is CCN(CC#N)CC(=O)NCC#N. The third kappa shape index (κ3) is 5.66. The Kier molecular flexibility index (Phi) is 6.21. The summed E-state index contributed by atoms with van der Waals surface area (Å²) in [4.78, 5) is 12.7. The number of nitrogens with zero attached hydrogens (tertiary/aromatic N) is 3. The van der Waals surface area contributed by atoms with Gasteiger partial charge in [-0.3, -0.25) is 9.69 Å². The summed E-state index contributed by atoms with van der Waals surface area (Å²) in [6.07, 6.45) is 0. The summed E-state index contributed by atoms with van der Waals surface area (Å²) in [5, 5.41) is 19.0. The number of nitriles is 2. The van der Waals surface area contributed by atoms with Crippen LogP contribution in [0.2, 0.25) is 0 Å². The van der Waals surface area contributed by atoms with Crippen molar-refractivity contribution in [1.29, 1.82) is 10.5 Å². The number of carbonyl (C=O) groups excluding carboxylic acids is 1. The summed E-state index contributed by atoms with van der Waals surface area (Å²) >= 11 is 0. The van der Waals surface area contributed by atoms with Crippen LogP contribution in [0.3, 0.4) is 0 Å². The summed E-state index contributed by atoms with van der Waals surface area (Å²) in [5.74, 6) is -0.223. The molecule has 0 saturated heterocycles. The van der Waals surface area contributed by atoms with E-state index in [-0.39, 0.29) is 25.5 Å². The molecule has 5 nitrogen and oxygen atoms in total. The molecular weight excluding hydrogens is 168 g/mol. The van der Waals surface area contributed by atoms with E-state index in [1.165, 1.54) is 0 Å². The number of hydrogen-bond acceptors (Lipinski definition) is 4. The fraction of sp³-hybridized carbons (Fsp3) is 0.625. The van der Waals surface area contributed by atoms with E-state index in [1.54, 1.807) is 11.0 Å². The second-order valence-corrected chi connectivity index (χ2v) is 2.40. The van der Waals surface area contributed by atoms with Crippen LogP contribution in [0.15, 0.2) is 0 Å². The highest BCUT2D eigenvalue weighted by Crippen LogP contribution is 1.85. The van der Waals surface area contributed by atoms with Gasteiger partial charge in [0.2, 0.25) is 5.91 Å². The minimum absolute atomic E-state index is 0.0168. The van der Waals surface area contributed by atoms with Crippen LogP contribution in [0, 0.1) is 22.7 Å². The molecule has 0 aromatic heterocycles. The second-order valence-electron chi connectivity index (χ2n) is 2.40. The van der Waals surface area contributed by atoms with Crippen LogP contribution in [0.1, 0.15) is 6.92 Å². The lowest BCUT2D eigenvalue weighted by atomic mass is 10.4. The minimum Gasteiger partial charge on any atom is -0.342 e. The van der Waals surface area contributed by atoms with E-state index < -0.39 is 0 Å². The van der Waals surface area contributed by atoms with Crippen molar-refractivity contribution in [2.75, 3.05) is 26.2 Å². The molecule has 0 fully saturated rings. The van der Waals surface area contributed by atoms with Gasteiger partial charge < -0.3 is 5.32 Å². The van der Waals surface area contributed by atoms with Gasteiger partial charge in [0.05, 0.1) is 25.2 Å². The fourth-order valence-corrected chi connectivity index (χ4v) is 0.777. The van der Waals surface area contributed by atoms with Crippen molar-refractivity contribution in [2.24, 2.45) is 0 Å². The zero-order chi connectivity index (χ0) is 10.1. The Hall–Kier alpha value is -1.59. The first-order chi connectivity index (χ1) is 6.24. The molecule has 70 valence electrons. The average Bonchev–Trinajstić information content (AvgIpc) is 2.14. The summed E-state index contributed by atoms with van der Waals surface area (Å²) in [6.45, 7) is 2.94. The van der Waals surface area contributed by atoms with E-state index in [1.807, 2.05) is 13.0 Å². The van der Waals surface area contributed by atoms with Crippen molar-refractivity contribution >= 4 is 5.91 Å². The van der Waals surface area contributed by atoms with Gasteiger partial charge in [-0.1, -0.05) is 6.92 Å². The molecule has 0 aromatic rings. The van der Waals surface area contributed by atoms with Crippen molar-refractivity contribution in [2.45, 2.75) is 6.92 Å². The number of rotatable bonds is 5. The highest BCUT2D eigenvalue weighted by atomic mass is 16.2. The van der Waals surface area contributed by atoms with Crippen molar-refractivity contribution in [1.82, 2.24) is 10.2 Å². The minimum atomic E-state index is -0.223. The Bertz CT molecular complexity index is 238. The van der Waals surface area contributed by atoms with Gasteiger partial charge in [0, 0.05) is 0 Å². The number of carbonyl (C=O) groups is 1. The van der Waals surface area contributed by atoms with Gasteiger partial charge in [-0.25, -0.2) is 0 Å². The molecule has 1 amide bonds. The molecule has 0 spiro atoms. The van der Waals surface area contributed by atoms with Crippen LogP contribution in [0.5, 0.6) is 0 Å². The molecular formula is C8H12N4O.